The molecule has 4 heteroatoms. The number of hydrogen-bond acceptors (Lipinski definition) is 4. The van der Waals surface area contributed by atoms with Gasteiger partial charge < -0.3 is 9.84 Å². The minimum Gasteiger partial charge on any atom is -0.481 e. The second-order valence-electron chi connectivity index (χ2n) is 7.66. The molecule has 0 saturated carbocycles. The molecule has 0 bridgehead atoms. The highest BCUT2D eigenvalue weighted by Crippen LogP contribution is 2.44. The number of carbonyl (C=O) groups is 1. The van der Waals surface area contributed by atoms with Crippen LogP contribution in [0.4, 0.5) is 0 Å². The number of benzene rings is 2. The summed E-state index contributed by atoms with van der Waals surface area (Å²) in [5.41, 5.74) is 4.09. The molecule has 1 aliphatic rings. The standard InChI is InChI=1S/C24H23NO3/c1-24(2)21-12-17(8-9-19(21)20-10-11-25-14-23(20)28-24)22(27)13-18(15-26)16-6-4-3-5-7-16/h3-12,14,18,26H,13,15H2,1-2H3/t18-/m1/s1. The van der Waals surface area contributed by atoms with E-state index in [2.05, 4.69) is 4.98 Å². The van der Waals surface area contributed by atoms with E-state index in [1.807, 2.05) is 68.4 Å². The van der Waals surface area contributed by atoms with Gasteiger partial charge in [-0.2, -0.15) is 0 Å². The van der Waals surface area contributed by atoms with Crippen molar-refractivity contribution in [2.75, 3.05) is 6.61 Å². The summed E-state index contributed by atoms with van der Waals surface area (Å²) in [7, 11) is 0. The van der Waals surface area contributed by atoms with Crippen LogP contribution in [0.3, 0.4) is 0 Å². The quantitative estimate of drug-likeness (QED) is 0.657. The van der Waals surface area contributed by atoms with Gasteiger partial charge in [0.05, 0.1) is 12.8 Å². The largest absolute Gasteiger partial charge is 0.481 e. The van der Waals surface area contributed by atoms with Crippen LogP contribution in [0.1, 0.15) is 47.7 Å². The number of fused-ring (bicyclic) bond motifs is 3. The van der Waals surface area contributed by atoms with E-state index in [4.69, 9.17) is 4.74 Å². The van der Waals surface area contributed by atoms with Gasteiger partial charge in [-0.25, -0.2) is 0 Å². The van der Waals surface area contributed by atoms with Crippen LogP contribution < -0.4 is 4.74 Å². The second-order valence-corrected chi connectivity index (χ2v) is 7.66. The summed E-state index contributed by atoms with van der Waals surface area (Å²) in [6.45, 7) is 3.93. The molecule has 1 aromatic heterocycles. The third kappa shape index (κ3) is 3.32. The lowest BCUT2D eigenvalue weighted by Crippen LogP contribution is -2.29. The molecule has 2 aromatic carbocycles. The Morgan fingerprint density at radius 2 is 1.89 bits per heavy atom. The van der Waals surface area contributed by atoms with Crippen molar-refractivity contribution < 1.29 is 14.6 Å². The van der Waals surface area contributed by atoms with Crippen LogP contribution in [-0.4, -0.2) is 22.5 Å². The Kier molecular flexibility index (Phi) is 4.73. The predicted octanol–water partition coefficient (Wildman–Crippen LogP) is 4.73. The smallest absolute Gasteiger partial charge is 0.163 e. The highest BCUT2D eigenvalue weighted by atomic mass is 16.5. The van der Waals surface area contributed by atoms with E-state index in [0.29, 0.717) is 5.56 Å². The maximum Gasteiger partial charge on any atom is 0.163 e. The number of aliphatic hydroxyl groups excluding tert-OH is 1. The number of rotatable bonds is 5. The summed E-state index contributed by atoms with van der Waals surface area (Å²) in [5.74, 6) is 0.561. The minimum atomic E-state index is -0.558. The average molecular weight is 373 g/mol. The first-order chi connectivity index (χ1) is 13.5. The van der Waals surface area contributed by atoms with Crippen LogP contribution in [0, 0.1) is 0 Å². The molecule has 0 unspecified atom stereocenters. The molecule has 2 heterocycles. The SMILES string of the molecule is CC1(C)Oc2cnccc2-c2ccc(C(=O)C[C@H](CO)c3ccccc3)cc21. The summed E-state index contributed by atoms with van der Waals surface area (Å²) in [6.07, 6.45) is 3.74. The summed E-state index contributed by atoms with van der Waals surface area (Å²) in [4.78, 5) is 17.1. The lowest BCUT2D eigenvalue weighted by atomic mass is 9.84. The molecule has 142 valence electrons. The van der Waals surface area contributed by atoms with E-state index in [1.54, 1.807) is 12.4 Å². The van der Waals surface area contributed by atoms with Crippen LogP contribution in [0.15, 0.2) is 67.0 Å². The van der Waals surface area contributed by atoms with E-state index < -0.39 is 5.60 Å². The van der Waals surface area contributed by atoms with Crippen molar-refractivity contribution in [2.45, 2.75) is 31.8 Å². The van der Waals surface area contributed by atoms with E-state index in [-0.39, 0.29) is 24.7 Å². The monoisotopic (exact) mass is 373 g/mol. The fraction of sp³-hybridized carbons (Fsp3) is 0.250. The number of nitrogens with zero attached hydrogens (tertiary/aromatic N) is 1. The van der Waals surface area contributed by atoms with Crippen molar-refractivity contribution >= 4 is 5.78 Å². The minimum absolute atomic E-state index is 0.0158. The summed E-state index contributed by atoms with van der Waals surface area (Å²) < 4.78 is 6.14. The lowest BCUT2D eigenvalue weighted by molar-refractivity contribution is 0.0956. The van der Waals surface area contributed by atoms with Crippen molar-refractivity contribution in [3.05, 3.63) is 83.7 Å². The van der Waals surface area contributed by atoms with Gasteiger partial charge in [0.15, 0.2) is 5.78 Å². The number of aliphatic hydroxyl groups is 1. The van der Waals surface area contributed by atoms with E-state index >= 15 is 0 Å². The number of ether oxygens (including phenoxy) is 1. The normalized spacial score (nSPS) is 15.1. The topological polar surface area (TPSA) is 59.4 Å². The van der Waals surface area contributed by atoms with Crippen molar-refractivity contribution in [1.82, 2.24) is 4.98 Å². The molecule has 4 nitrogen and oxygen atoms in total. The first-order valence-electron chi connectivity index (χ1n) is 9.46. The molecule has 1 atom stereocenters. The Hall–Kier alpha value is -2.98. The van der Waals surface area contributed by atoms with Gasteiger partial charge in [-0.3, -0.25) is 9.78 Å². The number of carbonyl (C=O) groups excluding carboxylic acids is 1. The number of pyridine rings is 1. The van der Waals surface area contributed by atoms with Gasteiger partial charge in [0.2, 0.25) is 0 Å². The number of hydrogen-bond donors (Lipinski definition) is 1. The van der Waals surface area contributed by atoms with Gasteiger partial charge in [0, 0.05) is 35.2 Å². The fourth-order valence-corrected chi connectivity index (χ4v) is 3.82. The maximum atomic E-state index is 13.0. The van der Waals surface area contributed by atoms with Crippen LogP contribution in [-0.2, 0) is 5.60 Å². The average Bonchev–Trinajstić information content (AvgIpc) is 2.72. The molecule has 28 heavy (non-hydrogen) atoms. The Morgan fingerprint density at radius 3 is 2.64 bits per heavy atom. The van der Waals surface area contributed by atoms with Crippen LogP contribution in [0.5, 0.6) is 5.75 Å². The van der Waals surface area contributed by atoms with Gasteiger partial charge >= 0.3 is 0 Å². The molecule has 0 radical (unpaired) electrons. The molecule has 1 N–H and O–H groups in total. The van der Waals surface area contributed by atoms with Crippen molar-refractivity contribution in [2.24, 2.45) is 0 Å². The second kappa shape index (κ2) is 7.21. The molecule has 3 aromatic rings. The first-order valence-corrected chi connectivity index (χ1v) is 9.46. The molecule has 4 rings (SSSR count). The molecule has 0 fully saturated rings. The number of ketones is 1. The maximum absolute atomic E-state index is 13.0. The van der Waals surface area contributed by atoms with Crippen molar-refractivity contribution in [1.29, 1.82) is 0 Å². The Morgan fingerprint density at radius 1 is 1.11 bits per heavy atom. The molecule has 0 aliphatic carbocycles. The van der Waals surface area contributed by atoms with Crippen LogP contribution >= 0.6 is 0 Å². The highest BCUT2D eigenvalue weighted by molar-refractivity contribution is 5.97. The van der Waals surface area contributed by atoms with Crippen LogP contribution in [0.25, 0.3) is 11.1 Å². The lowest BCUT2D eigenvalue weighted by Gasteiger charge is -2.35. The van der Waals surface area contributed by atoms with E-state index in [1.165, 1.54) is 0 Å². The molecule has 1 aliphatic heterocycles. The Bertz CT molecular complexity index is 1010. The summed E-state index contributed by atoms with van der Waals surface area (Å²) in [6, 6.07) is 17.4. The zero-order chi connectivity index (χ0) is 19.7. The summed E-state index contributed by atoms with van der Waals surface area (Å²) >= 11 is 0. The van der Waals surface area contributed by atoms with Gasteiger partial charge in [0.25, 0.3) is 0 Å². The van der Waals surface area contributed by atoms with Crippen molar-refractivity contribution in [3.63, 3.8) is 0 Å². The number of Topliss-reactive ketones (excluding diaryl/α,β-unsaturated/α-hetero) is 1. The van der Waals surface area contributed by atoms with Crippen LogP contribution in [0.2, 0.25) is 0 Å². The fourth-order valence-electron chi connectivity index (χ4n) is 3.82. The molecule has 0 spiro atoms. The van der Waals surface area contributed by atoms with Gasteiger partial charge in [-0.1, -0.05) is 42.5 Å². The van der Waals surface area contributed by atoms with Gasteiger partial charge in [-0.15, -0.1) is 0 Å². The first kappa shape index (κ1) is 18.4. The van der Waals surface area contributed by atoms with Crippen molar-refractivity contribution in [3.8, 4) is 16.9 Å². The van der Waals surface area contributed by atoms with Gasteiger partial charge in [0.1, 0.15) is 11.4 Å². The zero-order valence-corrected chi connectivity index (χ0v) is 16.1. The Balaban J connectivity index is 1.66. The Labute approximate surface area is 164 Å². The van der Waals surface area contributed by atoms with E-state index in [9.17, 15) is 9.90 Å². The van der Waals surface area contributed by atoms with E-state index in [0.717, 1.165) is 28.0 Å². The van der Waals surface area contributed by atoms with Gasteiger partial charge in [-0.05, 0) is 37.1 Å². The third-order valence-corrected chi connectivity index (χ3v) is 5.35. The molecular weight excluding hydrogens is 350 g/mol. The predicted molar refractivity (Wildman–Crippen MR) is 109 cm³/mol. The molecule has 0 saturated heterocycles. The number of aromatic nitrogens is 1. The highest BCUT2D eigenvalue weighted by Gasteiger charge is 2.33. The molecular formula is C24H23NO3. The summed E-state index contributed by atoms with van der Waals surface area (Å²) in [5, 5.41) is 9.78. The third-order valence-electron chi connectivity index (χ3n) is 5.35. The molecule has 0 amide bonds. The zero-order valence-electron chi connectivity index (χ0n) is 16.1.